The highest BCUT2D eigenvalue weighted by Crippen LogP contribution is 2.46. The molecule has 0 N–H and O–H groups in total. The van der Waals surface area contributed by atoms with Crippen molar-refractivity contribution in [1.82, 2.24) is 0 Å². The quantitative estimate of drug-likeness (QED) is 0.464. The number of hydrogen-bond acceptors (Lipinski definition) is 2. The molecule has 0 aromatic rings. The van der Waals surface area contributed by atoms with Crippen LogP contribution in [0.3, 0.4) is 0 Å². The van der Waals surface area contributed by atoms with Gasteiger partial charge in [0.15, 0.2) is 11.7 Å². The number of Topliss-reactive ketones (excluding diaryl/α,β-unsaturated/α-hetero) is 2. The van der Waals surface area contributed by atoms with E-state index in [-0.39, 0.29) is 0 Å². The van der Waals surface area contributed by atoms with Crippen molar-refractivity contribution in [2.75, 3.05) is 0 Å². The van der Waals surface area contributed by atoms with Crippen LogP contribution in [-0.2, 0) is 9.59 Å². The minimum Gasteiger partial charge on any atom is -0.299 e. The standard InChI is InChI=1S/C13H15F9O2/c1-3-10(4-2,13(20,21)22)9(24)6-7(23)5-8(11(14,15)16)12(17,18)19/h8H,3-6H2,1-2H3. The Morgan fingerprint density at radius 3 is 1.42 bits per heavy atom. The third-order valence-corrected chi connectivity index (χ3v) is 3.86. The fourth-order valence-electron chi connectivity index (χ4n) is 2.27. The molecule has 24 heavy (non-hydrogen) atoms. The molecular weight excluding hydrogens is 359 g/mol. The maximum absolute atomic E-state index is 13.0. The molecule has 0 radical (unpaired) electrons. The van der Waals surface area contributed by atoms with E-state index >= 15 is 0 Å². The summed E-state index contributed by atoms with van der Waals surface area (Å²) in [5.74, 6) is -7.59. The van der Waals surface area contributed by atoms with E-state index in [0.717, 1.165) is 13.8 Å². The van der Waals surface area contributed by atoms with Gasteiger partial charge in [0, 0.05) is 6.42 Å². The molecule has 0 saturated carbocycles. The SMILES string of the molecule is CCC(CC)(C(=O)CC(=O)CC(C(F)(F)F)C(F)(F)F)C(F)(F)F. The Kier molecular flexibility index (Phi) is 6.91. The zero-order valence-corrected chi connectivity index (χ0v) is 12.6. The van der Waals surface area contributed by atoms with E-state index in [1.54, 1.807) is 0 Å². The molecule has 0 atom stereocenters. The summed E-state index contributed by atoms with van der Waals surface area (Å²) in [6.45, 7) is 1.99. The zero-order valence-electron chi connectivity index (χ0n) is 12.6. The molecule has 0 rings (SSSR count). The van der Waals surface area contributed by atoms with Crippen molar-refractivity contribution in [3.8, 4) is 0 Å². The van der Waals surface area contributed by atoms with E-state index in [4.69, 9.17) is 0 Å². The summed E-state index contributed by atoms with van der Waals surface area (Å²) in [6, 6.07) is 0. The van der Waals surface area contributed by atoms with E-state index in [1.165, 1.54) is 0 Å². The Bertz CT molecular complexity index is 442. The average molecular weight is 374 g/mol. The maximum Gasteiger partial charge on any atom is 0.401 e. The summed E-state index contributed by atoms with van der Waals surface area (Å²) in [5.41, 5.74) is -2.96. The van der Waals surface area contributed by atoms with Gasteiger partial charge in [-0.25, -0.2) is 0 Å². The second kappa shape index (κ2) is 7.30. The van der Waals surface area contributed by atoms with Crippen LogP contribution in [0.5, 0.6) is 0 Å². The van der Waals surface area contributed by atoms with E-state index in [0.29, 0.717) is 0 Å². The van der Waals surface area contributed by atoms with E-state index < -0.39 is 67.1 Å². The lowest BCUT2D eigenvalue weighted by atomic mass is 9.75. The highest BCUT2D eigenvalue weighted by molar-refractivity contribution is 6.02. The van der Waals surface area contributed by atoms with Crippen LogP contribution in [0, 0.1) is 11.3 Å². The number of ketones is 2. The summed E-state index contributed by atoms with van der Waals surface area (Å²) >= 11 is 0. The first-order valence-electron chi connectivity index (χ1n) is 6.78. The van der Waals surface area contributed by atoms with Crippen molar-refractivity contribution in [2.45, 2.75) is 58.1 Å². The highest BCUT2D eigenvalue weighted by atomic mass is 19.4. The highest BCUT2D eigenvalue weighted by Gasteiger charge is 2.59. The Hall–Kier alpha value is -1.29. The van der Waals surface area contributed by atoms with Crippen molar-refractivity contribution in [1.29, 1.82) is 0 Å². The van der Waals surface area contributed by atoms with Crippen molar-refractivity contribution in [3.63, 3.8) is 0 Å². The van der Waals surface area contributed by atoms with Crippen LogP contribution < -0.4 is 0 Å². The fraction of sp³-hybridized carbons (Fsp3) is 0.846. The van der Waals surface area contributed by atoms with Gasteiger partial charge in [0.25, 0.3) is 0 Å². The lowest BCUT2D eigenvalue weighted by Crippen LogP contribution is -2.45. The minimum atomic E-state index is -5.80. The number of alkyl halides is 9. The summed E-state index contributed by atoms with van der Waals surface area (Å²) in [7, 11) is 0. The molecule has 0 spiro atoms. The molecule has 0 bridgehead atoms. The van der Waals surface area contributed by atoms with E-state index in [9.17, 15) is 49.1 Å². The molecule has 0 aromatic heterocycles. The summed E-state index contributed by atoms with van der Waals surface area (Å²) < 4.78 is 113. The Morgan fingerprint density at radius 1 is 0.792 bits per heavy atom. The summed E-state index contributed by atoms with van der Waals surface area (Å²) in [5, 5.41) is 0. The molecule has 0 aliphatic heterocycles. The Labute approximate surface area is 131 Å². The van der Waals surface area contributed by atoms with Crippen LogP contribution in [0.15, 0.2) is 0 Å². The minimum absolute atomic E-state index is 0.777. The number of rotatable bonds is 7. The van der Waals surface area contributed by atoms with Gasteiger partial charge in [0.05, 0.1) is 6.42 Å². The third kappa shape index (κ3) is 5.10. The molecule has 0 unspecified atom stereocenters. The topological polar surface area (TPSA) is 34.1 Å². The smallest absolute Gasteiger partial charge is 0.299 e. The van der Waals surface area contributed by atoms with E-state index in [2.05, 4.69) is 0 Å². The molecule has 11 heteroatoms. The largest absolute Gasteiger partial charge is 0.401 e. The molecule has 0 fully saturated rings. The van der Waals surface area contributed by atoms with Crippen LogP contribution in [0.1, 0.15) is 39.5 Å². The molecule has 0 heterocycles. The maximum atomic E-state index is 13.0. The molecule has 0 saturated heterocycles. The normalized spacial score (nSPS) is 14.2. The summed E-state index contributed by atoms with van der Waals surface area (Å²) in [6.07, 6.45) is -22.0. The zero-order chi connectivity index (χ0) is 19.6. The van der Waals surface area contributed by atoms with Gasteiger partial charge in [0.1, 0.15) is 11.2 Å². The van der Waals surface area contributed by atoms with Crippen molar-refractivity contribution >= 4 is 11.6 Å². The van der Waals surface area contributed by atoms with Gasteiger partial charge >= 0.3 is 18.5 Å². The fourth-order valence-corrected chi connectivity index (χ4v) is 2.27. The average Bonchev–Trinajstić information content (AvgIpc) is 2.33. The van der Waals surface area contributed by atoms with Crippen molar-refractivity contribution < 1.29 is 49.1 Å². The number of hydrogen-bond donors (Lipinski definition) is 0. The van der Waals surface area contributed by atoms with Gasteiger partial charge in [-0.15, -0.1) is 0 Å². The van der Waals surface area contributed by atoms with E-state index in [1.807, 2.05) is 0 Å². The van der Waals surface area contributed by atoms with Gasteiger partial charge in [-0.2, -0.15) is 39.5 Å². The predicted molar refractivity (Wildman–Crippen MR) is 63.9 cm³/mol. The molecule has 0 amide bonds. The van der Waals surface area contributed by atoms with Crippen LogP contribution >= 0.6 is 0 Å². The van der Waals surface area contributed by atoms with Crippen molar-refractivity contribution in [2.24, 2.45) is 11.3 Å². The molecule has 0 aliphatic rings. The second-order valence-electron chi connectivity index (χ2n) is 5.27. The molecule has 142 valence electrons. The van der Waals surface area contributed by atoms with Gasteiger partial charge < -0.3 is 0 Å². The molecule has 2 nitrogen and oxygen atoms in total. The number of carbonyl (C=O) groups excluding carboxylic acids is 2. The Morgan fingerprint density at radius 2 is 1.17 bits per heavy atom. The molecule has 0 aliphatic carbocycles. The first kappa shape index (κ1) is 22.7. The van der Waals surface area contributed by atoms with Crippen LogP contribution in [0.2, 0.25) is 0 Å². The first-order valence-corrected chi connectivity index (χ1v) is 6.78. The summed E-state index contributed by atoms with van der Waals surface area (Å²) in [4.78, 5) is 23.1. The second-order valence-corrected chi connectivity index (χ2v) is 5.27. The van der Waals surface area contributed by atoms with Crippen LogP contribution in [0.25, 0.3) is 0 Å². The van der Waals surface area contributed by atoms with Gasteiger partial charge in [-0.1, -0.05) is 13.8 Å². The van der Waals surface area contributed by atoms with Gasteiger partial charge in [-0.3, -0.25) is 9.59 Å². The number of halogens is 9. The van der Waals surface area contributed by atoms with Crippen LogP contribution in [0.4, 0.5) is 39.5 Å². The molecule has 0 aromatic carbocycles. The van der Waals surface area contributed by atoms with Crippen LogP contribution in [-0.4, -0.2) is 30.1 Å². The third-order valence-electron chi connectivity index (χ3n) is 3.86. The monoisotopic (exact) mass is 374 g/mol. The molecular formula is C13H15F9O2. The predicted octanol–water partition coefficient (Wildman–Crippen LogP) is 5.01. The lowest BCUT2D eigenvalue weighted by Gasteiger charge is -2.32. The lowest BCUT2D eigenvalue weighted by molar-refractivity contribution is -0.284. The van der Waals surface area contributed by atoms with Crippen molar-refractivity contribution in [3.05, 3.63) is 0 Å². The first-order chi connectivity index (χ1) is 10.5. The number of carbonyl (C=O) groups is 2. The van der Waals surface area contributed by atoms with Gasteiger partial charge in [-0.05, 0) is 12.8 Å². The van der Waals surface area contributed by atoms with Gasteiger partial charge in [0.2, 0.25) is 0 Å². The Balaban J connectivity index is 5.33.